The zero-order chi connectivity index (χ0) is 24.3. The monoisotopic (exact) mass is 476 g/mol. The van der Waals surface area contributed by atoms with E-state index >= 15 is 4.39 Å². The van der Waals surface area contributed by atoms with Crippen LogP contribution >= 0.6 is 0 Å². The van der Waals surface area contributed by atoms with Crippen LogP contribution in [0.1, 0.15) is 54.9 Å². The summed E-state index contributed by atoms with van der Waals surface area (Å²) in [6.45, 7) is 1.07. The third kappa shape index (κ3) is 4.03. The van der Waals surface area contributed by atoms with E-state index in [1.165, 1.54) is 24.4 Å². The highest BCUT2D eigenvalue weighted by atomic mass is 19.3. The number of nitro groups is 1. The topological polar surface area (TPSA) is 97.5 Å². The molecule has 3 aliphatic rings. The van der Waals surface area contributed by atoms with Gasteiger partial charge in [-0.15, -0.1) is 0 Å². The largest absolute Gasteiger partial charge is 0.371 e. The zero-order valence-corrected chi connectivity index (χ0v) is 18.2. The van der Waals surface area contributed by atoms with Crippen molar-refractivity contribution in [3.05, 3.63) is 62.3 Å². The number of amides is 1. The number of hydrogen-bond donors (Lipinski definition) is 1. The van der Waals surface area contributed by atoms with Crippen LogP contribution in [0, 0.1) is 21.3 Å². The molecule has 1 amide bonds. The third-order valence-corrected chi connectivity index (χ3v) is 7.30. The average molecular weight is 476 g/mol. The standard InChI is InChI=1S/C23H23F3N4O4/c24-16-10-14(30(33)34)11-18(28-8-5-22(3-4-22)6-9-28)19(16)20(31)27-17-2-1-7-29(21(17)32)15-12-23(25,26)13-15/h1-2,7,10-11,15H,3-6,8-9,12-13H2,(H,27,31). The Morgan fingerprint density at radius 3 is 2.41 bits per heavy atom. The van der Waals surface area contributed by atoms with Gasteiger partial charge >= 0.3 is 0 Å². The number of nitrogens with zero attached hydrogens (tertiary/aromatic N) is 3. The molecule has 0 bridgehead atoms. The van der Waals surface area contributed by atoms with Crippen molar-refractivity contribution >= 4 is 23.0 Å². The molecule has 3 fully saturated rings. The molecule has 1 aromatic heterocycles. The number of pyridine rings is 1. The van der Waals surface area contributed by atoms with Gasteiger partial charge < -0.3 is 14.8 Å². The molecule has 2 saturated carbocycles. The van der Waals surface area contributed by atoms with E-state index in [-0.39, 0.29) is 16.9 Å². The minimum atomic E-state index is -2.83. The summed E-state index contributed by atoms with van der Waals surface area (Å²) in [5.74, 6) is -4.82. The van der Waals surface area contributed by atoms with Gasteiger partial charge in [0.05, 0.1) is 22.2 Å². The number of non-ortho nitro benzene ring substituents is 1. The maximum Gasteiger partial charge on any atom is 0.274 e. The normalized spacial score (nSPS) is 20.6. The molecule has 0 radical (unpaired) electrons. The van der Waals surface area contributed by atoms with Gasteiger partial charge in [-0.3, -0.25) is 19.7 Å². The molecular formula is C23H23F3N4O4. The summed E-state index contributed by atoms with van der Waals surface area (Å²) < 4.78 is 42.7. The van der Waals surface area contributed by atoms with Crippen LogP contribution in [0.15, 0.2) is 35.3 Å². The van der Waals surface area contributed by atoms with E-state index in [0.29, 0.717) is 24.6 Å². The number of benzene rings is 1. The first-order valence-electron chi connectivity index (χ1n) is 11.2. The van der Waals surface area contributed by atoms with Gasteiger partial charge in [-0.05, 0) is 43.2 Å². The Hall–Kier alpha value is -3.37. The van der Waals surface area contributed by atoms with E-state index in [0.717, 1.165) is 30.3 Å². The quantitative estimate of drug-likeness (QED) is 0.506. The predicted molar refractivity (Wildman–Crippen MR) is 118 cm³/mol. The molecule has 2 aromatic rings. The molecule has 180 valence electrons. The van der Waals surface area contributed by atoms with Gasteiger partial charge in [-0.2, -0.15) is 0 Å². The van der Waals surface area contributed by atoms with Crippen molar-refractivity contribution in [2.75, 3.05) is 23.3 Å². The van der Waals surface area contributed by atoms with Crippen molar-refractivity contribution in [2.45, 2.75) is 50.5 Å². The van der Waals surface area contributed by atoms with Gasteiger partial charge in [-0.25, -0.2) is 13.2 Å². The van der Waals surface area contributed by atoms with Crippen LogP contribution in [0.3, 0.4) is 0 Å². The summed E-state index contributed by atoms with van der Waals surface area (Å²) in [4.78, 5) is 38.3. The number of anilines is 2. The number of alkyl halides is 2. The number of nitro benzene ring substituents is 1. The van der Waals surface area contributed by atoms with Crippen LogP contribution in [-0.2, 0) is 0 Å². The van der Waals surface area contributed by atoms with Crippen LogP contribution in [0.2, 0.25) is 0 Å². The summed E-state index contributed by atoms with van der Waals surface area (Å²) in [6.07, 6.45) is 4.40. The first kappa shape index (κ1) is 22.4. The molecule has 8 nitrogen and oxygen atoms in total. The zero-order valence-electron chi connectivity index (χ0n) is 18.2. The van der Waals surface area contributed by atoms with Gasteiger partial charge in [0, 0.05) is 44.2 Å². The number of halogens is 3. The van der Waals surface area contributed by atoms with Crippen LogP contribution in [-0.4, -0.2) is 34.4 Å². The lowest BCUT2D eigenvalue weighted by Gasteiger charge is -2.36. The lowest BCUT2D eigenvalue weighted by molar-refractivity contribution is -0.385. The Bertz CT molecular complexity index is 1220. The Balaban J connectivity index is 1.45. The summed E-state index contributed by atoms with van der Waals surface area (Å²) in [5, 5.41) is 13.7. The van der Waals surface area contributed by atoms with Crippen molar-refractivity contribution in [1.29, 1.82) is 0 Å². The lowest BCUT2D eigenvalue weighted by atomic mass is 9.88. The number of hydrogen-bond acceptors (Lipinski definition) is 5. The fourth-order valence-electron chi connectivity index (χ4n) is 4.96. The fraction of sp³-hybridized carbons (Fsp3) is 0.478. The second-order valence-electron chi connectivity index (χ2n) is 9.57. The summed E-state index contributed by atoms with van der Waals surface area (Å²) in [7, 11) is 0. The van der Waals surface area contributed by atoms with Crippen LogP contribution in [0.4, 0.5) is 30.2 Å². The Morgan fingerprint density at radius 1 is 1.15 bits per heavy atom. The van der Waals surface area contributed by atoms with E-state index in [1.54, 1.807) is 4.90 Å². The summed E-state index contributed by atoms with van der Waals surface area (Å²) in [6, 6.07) is 3.94. The minimum absolute atomic E-state index is 0.106. The van der Waals surface area contributed by atoms with Crippen molar-refractivity contribution < 1.29 is 22.9 Å². The van der Waals surface area contributed by atoms with E-state index in [1.807, 2.05) is 0 Å². The van der Waals surface area contributed by atoms with Crippen LogP contribution in [0.5, 0.6) is 0 Å². The molecule has 0 unspecified atom stereocenters. The SMILES string of the molecule is O=C(Nc1cccn(C2CC(F)(F)C2)c1=O)c1c(F)cc([N+](=O)[O-])cc1N1CCC2(CC1)CC2. The van der Waals surface area contributed by atoms with Crippen molar-refractivity contribution in [2.24, 2.45) is 5.41 Å². The molecule has 2 aliphatic carbocycles. The third-order valence-electron chi connectivity index (χ3n) is 7.30. The molecule has 1 aliphatic heterocycles. The molecule has 1 N–H and O–H groups in total. The first-order chi connectivity index (χ1) is 16.1. The second-order valence-corrected chi connectivity index (χ2v) is 9.57. The Kier molecular flexibility index (Phi) is 5.18. The summed E-state index contributed by atoms with van der Waals surface area (Å²) in [5.41, 5.74) is -1.30. The van der Waals surface area contributed by atoms with E-state index in [9.17, 15) is 28.5 Å². The van der Waals surface area contributed by atoms with E-state index in [2.05, 4.69) is 5.32 Å². The summed E-state index contributed by atoms with van der Waals surface area (Å²) >= 11 is 0. The van der Waals surface area contributed by atoms with Gasteiger partial charge in [0.15, 0.2) is 0 Å². The second kappa shape index (κ2) is 7.85. The Morgan fingerprint density at radius 2 is 1.82 bits per heavy atom. The highest BCUT2D eigenvalue weighted by Crippen LogP contribution is 2.54. The van der Waals surface area contributed by atoms with Gasteiger partial charge in [0.25, 0.3) is 23.1 Å². The Labute approximate surface area is 192 Å². The van der Waals surface area contributed by atoms with Crippen LogP contribution in [0.25, 0.3) is 0 Å². The average Bonchev–Trinajstić information content (AvgIpc) is 3.52. The molecule has 2 heterocycles. The highest BCUT2D eigenvalue weighted by molar-refractivity contribution is 6.08. The molecule has 5 rings (SSSR count). The van der Waals surface area contributed by atoms with Gasteiger partial charge in [-0.1, -0.05) is 0 Å². The van der Waals surface area contributed by atoms with Crippen molar-refractivity contribution in [3.8, 4) is 0 Å². The maximum atomic E-state index is 15.0. The molecule has 1 aromatic carbocycles. The van der Waals surface area contributed by atoms with Crippen molar-refractivity contribution in [3.63, 3.8) is 0 Å². The number of rotatable bonds is 5. The predicted octanol–water partition coefficient (Wildman–Crippen LogP) is 4.50. The lowest BCUT2D eigenvalue weighted by Crippen LogP contribution is -2.41. The van der Waals surface area contributed by atoms with E-state index in [4.69, 9.17) is 0 Å². The maximum absolute atomic E-state index is 15.0. The highest BCUT2D eigenvalue weighted by Gasteiger charge is 2.47. The van der Waals surface area contributed by atoms with Gasteiger partial charge in [0.1, 0.15) is 11.5 Å². The molecular weight excluding hydrogens is 453 g/mol. The fourth-order valence-corrected chi connectivity index (χ4v) is 4.96. The number of aromatic nitrogens is 1. The number of carbonyl (C=O) groups excluding carboxylic acids is 1. The number of carbonyl (C=O) groups is 1. The van der Waals surface area contributed by atoms with Crippen LogP contribution < -0.4 is 15.8 Å². The first-order valence-corrected chi connectivity index (χ1v) is 11.2. The van der Waals surface area contributed by atoms with E-state index < -0.39 is 52.7 Å². The number of piperidine rings is 1. The molecule has 11 heteroatoms. The van der Waals surface area contributed by atoms with Crippen molar-refractivity contribution in [1.82, 2.24) is 4.57 Å². The minimum Gasteiger partial charge on any atom is -0.371 e. The molecule has 1 spiro atoms. The molecule has 1 saturated heterocycles. The van der Waals surface area contributed by atoms with Gasteiger partial charge in [0.2, 0.25) is 0 Å². The number of nitrogens with one attached hydrogen (secondary N) is 1. The molecule has 0 atom stereocenters. The molecule has 34 heavy (non-hydrogen) atoms. The smallest absolute Gasteiger partial charge is 0.274 e.